The predicted molar refractivity (Wildman–Crippen MR) is 101 cm³/mol. The Balaban J connectivity index is 0.00000361. The topological polar surface area (TPSA) is 26.0 Å². The van der Waals surface area contributed by atoms with Gasteiger partial charge in [-0.25, -0.2) is 0 Å². The number of aryl methyl sites for hydroxylation is 1. The summed E-state index contributed by atoms with van der Waals surface area (Å²) in [7, 11) is 2.82. The number of unbranched alkanes of at least 4 members (excludes halogenated alkanes) is 6. The van der Waals surface area contributed by atoms with Crippen LogP contribution in [0.4, 0.5) is 0 Å². The summed E-state index contributed by atoms with van der Waals surface area (Å²) >= 11 is 0. The first-order valence-corrected chi connectivity index (χ1v) is 8.29. The van der Waals surface area contributed by atoms with Crippen LogP contribution >= 0.6 is 26.2 Å². The highest BCUT2D eigenvalue weighted by molar-refractivity contribution is 8.93. The average Bonchev–Trinajstić information content (AvgIpc) is 2.41. The van der Waals surface area contributed by atoms with Gasteiger partial charge in [-0.15, -0.1) is 26.2 Å². The summed E-state index contributed by atoms with van der Waals surface area (Å²) in [5.74, 6) is 0. The average molecular weight is 360 g/mol. The largest absolute Gasteiger partial charge is 0.330 e. The van der Waals surface area contributed by atoms with Crippen LogP contribution in [0, 0.1) is 13.8 Å². The van der Waals surface area contributed by atoms with Gasteiger partial charge in [0.1, 0.15) is 0 Å². The SMILES string of the molecule is Br.Cc1c(P)ccc(CCCCCCCCCN)c1C. The number of benzene rings is 1. The van der Waals surface area contributed by atoms with Crippen molar-refractivity contribution in [3.8, 4) is 0 Å². The van der Waals surface area contributed by atoms with Gasteiger partial charge in [-0.2, -0.15) is 0 Å². The van der Waals surface area contributed by atoms with E-state index in [1.807, 2.05) is 0 Å². The predicted octanol–water partition coefficient (Wildman–Crippen LogP) is 4.61. The smallest absolute Gasteiger partial charge is 0.00773 e. The van der Waals surface area contributed by atoms with Crippen molar-refractivity contribution in [2.24, 2.45) is 5.73 Å². The summed E-state index contributed by atoms with van der Waals surface area (Å²) < 4.78 is 0. The Kier molecular flexibility index (Phi) is 11.8. The molecule has 0 fully saturated rings. The fraction of sp³-hybridized carbons (Fsp3) is 0.647. The van der Waals surface area contributed by atoms with Crippen LogP contribution in [0.3, 0.4) is 0 Å². The molecule has 1 nitrogen and oxygen atoms in total. The van der Waals surface area contributed by atoms with Gasteiger partial charge in [-0.1, -0.05) is 44.2 Å². The van der Waals surface area contributed by atoms with Gasteiger partial charge in [-0.05, 0) is 61.6 Å². The number of hydrogen-bond donors (Lipinski definition) is 1. The van der Waals surface area contributed by atoms with E-state index in [0.29, 0.717) is 0 Å². The molecule has 20 heavy (non-hydrogen) atoms. The Labute approximate surface area is 138 Å². The van der Waals surface area contributed by atoms with Gasteiger partial charge in [0.15, 0.2) is 0 Å². The first-order valence-electron chi connectivity index (χ1n) is 7.71. The third-order valence-electron chi connectivity index (χ3n) is 4.09. The van der Waals surface area contributed by atoms with Gasteiger partial charge in [0, 0.05) is 0 Å². The number of hydrogen-bond acceptors (Lipinski definition) is 1. The molecule has 1 aromatic carbocycles. The van der Waals surface area contributed by atoms with E-state index in [1.165, 1.54) is 73.4 Å². The van der Waals surface area contributed by atoms with Gasteiger partial charge >= 0.3 is 0 Å². The molecule has 116 valence electrons. The first kappa shape index (κ1) is 20.1. The molecule has 1 atom stereocenters. The molecule has 0 amide bonds. The fourth-order valence-corrected chi connectivity index (χ4v) is 2.82. The van der Waals surface area contributed by atoms with Crippen molar-refractivity contribution < 1.29 is 0 Å². The van der Waals surface area contributed by atoms with E-state index in [9.17, 15) is 0 Å². The molecule has 0 aliphatic carbocycles. The Bertz CT molecular complexity index is 379. The third-order valence-corrected chi connectivity index (χ3v) is 4.72. The van der Waals surface area contributed by atoms with E-state index >= 15 is 0 Å². The molecule has 1 aromatic rings. The van der Waals surface area contributed by atoms with Gasteiger partial charge < -0.3 is 5.73 Å². The van der Waals surface area contributed by atoms with E-state index in [0.717, 1.165) is 6.54 Å². The number of nitrogens with two attached hydrogens (primary N) is 1. The molecule has 1 rings (SSSR count). The van der Waals surface area contributed by atoms with Crippen LogP contribution in [0.2, 0.25) is 0 Å². The third kappa shape index (κ3) is 7.20. The molecule has 0 aromatic heterocycles. The Hall–Kier alpha value is 0.0900. The molecule has 0 saturated carbocycles. The quantitative estimate of drug-likeness (QED) is 0.505. The lowest BCUT2D eigenvalue weighted by Crippen LogP contribution is -2.03. The zero-order valence-corrected chi connectivity index (χ0v) is 15.9. The second-order valence-corrected chi connectivity index (χ2v) is 6.20. The Morgan fingerprint density at radius 1 is 0.850 bits per heavy atom. The molecular weight excluding hydrogens is 329 g/mol. The van der Waals surface area contributed by atoms with E-state index in [4.69, 9.17) is 5.73 Å². The highest BCUT2D eigenvalue weighted by Crippen LogP contribution is 2.16. The molecular formula is C17H31BrNP. The molecule has 1 unspecified atom stereocenters. The maximum absolute atomic E-state index is 5.49. The van der Waals surface area contributed by atoms with E-state index in [-0.39, 0.29) is 17.0 Å². The number of halogens is 1. The zero-order chi connectivity index (χ0) is 14.1. The van der Waals surface area contributed by atoms with Crippen molar-refractivity contribution in [3.05, 3.63) is 28.8 Å². The molecule has 0 bridgehead atoms. The number of rotatable bonds is 9. The van der Waals surface area contributed by atoms with Gasteiger partial charge in [0.2, 0.25) is 0 Å². The van der Waals surface area contributed by atoms with Crippen LogP contribution in [-0.4, -0.2) is 6.54 Å². The van der Waals surface area contributed by atoms with Crippen LogP contribution in [0.25, 0.3) is 0 Å². The Morgan fingerprint density at radius 2 is 1.40 bits per heavy atom. The molecule has 0 aliphatic heterocycles. The second kappa shape index (κ2) is 11.7. The maximum atomic E-state index is 5.49. The molecule has 0 aliphatic rings. The van der Waals surface area contributed by atoms with Crippen molar-refractivity contribution in [1.82, 2.24) is 0 Å². The van der Waals surface area contributed by atoms with Crippen LogP contribution in [0.5, 0.6) is 0 Å². The summed E-state index contributed by atoms with van der Waals surface area (Å²) in [4.78, 5) is 0. The summed E-state index contributed by atoms with van der Waals surface area (Å²) in [6, 6.07) is 4.53. The van der Waals surface area contributed by atoms with Crippen LogP contribution in [0.15, 0.2) is 12.1 Å². The first-order chi connectivity index (χ1) is 9.16. The van der Waals surface area contributed by atoms with E-state index in [1.54, 1.807) is 0 Å². The molecule has 0 saturated heterocycles. The van der Waals surface area contributed by atoms with Gasteiger partial charge in [0.05, 0.1) is 0 Å². The fourth-order valence-electron chi connectivity index (χ4n) is 2.51. The molecule has 2 N–H and O–H groups in total. The van der Waals surface area contributed by atoms with Crippen molar-refractivity contribution in [3.63, 3.8) is 0 Å². The van der Waals surface area contributed by atoms with Crippen molar-refractivity contribution in [1.29, 1.82) is 0 Å². The van der Waals surface area contributed by atoms with Crippen LogP contribution in [-0.2, 0) is 6.42 Å². The lowest BCUT2D eigenvalue weighted by Gasteiger charge is -2.11. The summed E-state index contributed by atoms with van der Waals surface area (Å²) in [5.41, 5.74) is 9.94. The summed E-state index contributed by atoms with van der Waals surface area (Å²) in [5, 5.41) is 1.33. The van der Waals surface area contributed by atoms with Gasteiger partial charge in [-0.3, -0.25) is 0 Å². The van der Waals surface area contributed by atoms with Crippen LogP contribution in [0.1, 0.15) is 61.6 Å². The maximum Gasteiger partial charge on any atom is -0.00773 e. The minimum atomic E-state index is 0. The van der Waals surface area contributed by atoms with Crippen LogP contribution < -0.4 is 11.0 Å². The lowest BCUT2D eigenvalue weighted by molar-refractivity contribution is 0.581. The highest BCUT2D eigenvalue weighted by Gasteiger charge is 2.03. The van der Waals surface area contributed by atoms with Crippen molar-refractivity contribution in [2.75, 3.05) is 6.54 Å². The molecule has 0 spiro atoms. The monoisotopic (exact) mass is 359 g/mol. The van der Waals surface area contributed by atoms with Gasteiger partial charge in [0.25, 0.3) is 0 Å². The minimum absolute atomic E-state index is 0. The van der Waals surface area contributed by atoms with Crippen molar-refractivity contribution in [2.45, 2.75) is 65.2 Å². The molecule has 0 radical (unpaired) electrons. The second-order valence-electron chi connectivity index (χ2n) is 5.58. The van der Waals surface area contributed by atoms with Crippen molar-refractivity contribution >= 4 is 31.5 Å². The molecule has 0 heterocycles. The Morgan fingerprint density at radius 3 is 2.00 bits per heavy atom. The molecule has 3 heteroatoms. The van der Waals surface area contributed by atoms with E-state index in [2.05, 4.69) is 35.2 Å². The lowest BCUT2D eigenvalue weighted by atomic mass is 9.98. The summed E-state index contributed by atoms with van der Waals surface area (Å²) in [6.07, 6.45) is 10.5. The summed E-state index contributed by atoms with van der Waals surface area (Å²) in [6.45, 7) is 5.33. The zero-order valence-electron chi connectivity index (χ0n) is 13.1. The minimum Gasteiger partial charge on any atom is -0.330 e. The standard InChI is InChI=1S/C17H30NP.BrH/c1-14-15(2)17(19)12-11-16(14)10-8-6-4-3-5-7-9-13-18;/h11-12H,3-10,13,18-19H2,1-2H3;1H. The highest BCUT2D eigenvalue weighted by atomic mass is 79.9. The van der Waals surface area contributed by atoms with E-state index < -0.39 is 0 Å². The normalized spacial score (nSPS) is 10.4.